The summed E-state index contributed by atoms with van der Waals surface area (Å²) >= 11 is 0. The zero-order valence-electron chi connectivity index (χ0n) is 12.7. The molecule has 1 amide bonds. The molecule has 0 bridgehead atoms. The van der Waals surface area contributed by atoms with Crippen molar-refractivity contribution in [1.82, 2.24) is 0 Å². The van der Waals surface area contributed by atoms with Crippen molar-refractivity contribution in [3.8, 4) is 0 Å². The van der Waals surface area contributed by atoms with Crippen LogP contribution in [-0.2, 0) is 17.8 Å². The second-order valence-electron chi connectivity index (χ2n) is 5.41. The van der Waals surface area contributed by atoms with Gasteiger partial charge in [0.2, 0.25) is 0 Å². The van der Waals surface area contributed by atoms with Crippen molar-refractivity contribution in [2.24, 2.45) is 0 Å². The van der Waals surface area contributed by atoms with Crippen LogP contribution in [0.1, 0.15) is 21.5 Å². The predicted octanol–water partition coefficient (Wildman–Crippen LogP) is 2.94. The van der Waals surface area contributed by atoms with Crippen molar-refractivity contribution in [2.75, 3.05) is 18.6 Å². The number of benzene rings is 2. The lowest BCUT2D eigenvalue weighted by atomic mass is 10.1. The number of ether oxygens (including phenoxy) is 1. The van der Waals surface area contributed by atoms with E-state index < -0.39 is 4.92 Å². The summed E-state index contributed by atoms with van der Waals surface area (Å²) < 4.78 is 5.09. The number of non-ortho nitro benzene ring substituents is 1. The number of hydrogen-bond acceptors (Lipinski definition) is 4. The second-order valence-corrected chi connectivity index (χ2v) is 5.41. The van der Waals surface area contributed by atoms with E-state index in [1.54, 1.807) is 30.2 Å². The first-order valence-corrected chi connectivity index (χ1v) is 7.27. The van der Waals surface area contributed by atoms with Crippen LogP contribution in [0.15, 0.2) is 42.5 Å². The molecule has 2 aromatic carbocycles. The molecule has 0 spiro atoms. The molecule has 6 heteroatoms. The first-order valence-electron chi connectivity index (χ1n) is 7.27. The molecule has 0 unspecified atom stereocenters. The maximum Gasteiger partial charge on any atom is 0.271 e. The van der Waals surface area contributed by atoms with Gasteiger partial charge >= 0.3 is 0 Å². The van der Waals surface area contributed by atoms with Crippen LogP contribution < -0.4 is 4.90 Å². The summed E-state index contributed by atoms with van der Waals surface area (Å²) in [6.45, 7) is 0.965. The van der Waals surface area contributed by atoms with Crippen molar-refractivity contribution >= 4 is 17.3 Å². The minimum Gasteiger partial charge on any atom is -0.380 e. The third kappa shape index (κ3) is 2.93. The van der Waals surface area contributed by atoms with Gasteiger partial charge in [-0.15, -0.1) is 0 Å². The topological polar surface area (TPSA) is 72.7 Å². The molecule has 118 valence electrons. The number of amides is 1. The summed E-state index contributed by atoms with van der Waals surface area (Å²) in [5, 5.41) is 11.0. The van der Waals surface area contributed by atoms with Crippen molar-refractivity contribution in [2.45, 2.75) is 13.0 Å². The van der Waals surface area contributed by atoms with E-state index in [0.717, 1.165) is 11.1 Å². The summed E-state index contributed by atoms with van der Waals surface area (Å²) in [6.07, 6.45) is 0.705. The largest absolute Gasteiger partial charge is 0.380 e. The minimum atomic E-state index is -0.444. The Morgan fingerprint density at radius 2 is 2.13 bits per heavy atom. The Morgan fingerprint density at radius 1 is 1.30 bits per heavy atom. The Labute approximate surface area is 133 Å². The van der Waals surface area contributed by atoms with E-state index in [-0.39, 0.29) is 11.6 Å². The first-order chi connectivity index (χ1) is 11.1. The van der Waals surface area contributed by atoms with E-state index >= 15 is 0 Å². The third-order valence-electron chi connectivity index (χ3n) is 3.91. The number of carbonyl (C=O) groups is 1. The van der Waals surface area contributed by atoms with Crippen molar-refractivity contribution in [3.63, 3.8) is 0 Å². The molecule has 0 N–H and O–H groups in total. The molecule has 0 atom stereocenters. The van der Waals surface area contributed by atoms with Gasteiger partial charge in [0.15, 0.2) is 0 Å². The molecule has 0 fully saturated rings. The Bertz CT molecular complexity index is 773. The molecular formula is C17H16N2O4. The van der Waals surface area contributed by atoms with Gasteiger partial charge in [-0.3, -0.25) is 14.9 Å². The van der Waals surface area contributed by atoms with Gasteiger partial charge < -0.3 is 9.64 Å². The van der Waals surface area contributed by atoms with Gasteiger partial charge in [-0.25, -0.2) is 0 Å². The smallest absolute Gasteiger partial charge is 0.271 e. The Kier molecular flexibility index (Phi) is 4.08. The summed E-state index contributed by atoms with van der Waals surface area (Å²) in [5.74, 6) is -0.151. The summed E-state index contributed by atoms with van der Waals surface area (Å²) in [7, 11) is 1.60. The highest BCUT2D eigenvalue weighted by Gasteiger charge is 2.27. The van der Waals surface area contributed by atoms with E-state index in [4.69, 9.17) is 4.74 Å². The lowest BCUT2D eigenvalue weighted by molar-refractivity contribution is -0.384. The van der Waals surface area contributed by atoms with E-state index in [2.05, 4.69) is 0 Å². The normalized spacial score (nSPS) is 13.0. The molecule has 6 nitrogen and oxygen atoms in total. The standard InChI is InChI=1S/C17H16N2O4/c1-23-11-12-3-2-4-14(9-12)17(20)18-8-7-13-5-6-15(19(21)22)10-16(13)18/h2-6,9-10H,7-8,11H2,1H3. The van der Waals surface area contributed by atoms with Gasteiger partial charge in [0.25, 0.3) is 11.6 Å². The Balaban J connectivity index is 1.92. The average Bonchev–Trinajstić information content (AvgIpc) is 2.97. The maximum atomic E-state index is 12.8. The van der Waals surface area contributed by atoms with Crippen LogP contribution in [0.3, 0.4) is 0 Å². The van der Waals surface area contributed by atoms with Crippen molar-refractivity contribution < 1.29 is 14.5 Å². The quantitative estimate of drug-likeness (QED) is 0.642. The SMILES string of the molecule is COCc1cccc(C(=O)N2CCc3ccc([N+](=O)[O-])cc32)c1. The Hall–Kier alpha value is -2.73. The molecule has 1 aliphatic rings. The number of fused-ring (bicyclic) bond motifs is 1. The molecule has 3 rings (SSSR count). The summed E-state index contributed by atoms with van der Waals surface area (Å²) in [6, 6.07) is 11.9. The molecule has 2 aromatic rings. The van der Waals surface area contributed by atoms with E-state index in [9.17, 15) is 14.9 Å². The van der Waals surface area contributed by atoms with E-state index in [1.807, 2.05) is 12.1 Å². The fraction of sp³-hybridized carbons (Fsp3) is 0.235. The highest BCUT2D eigenvalue weighted by Crippen LogP contribution is 2.32. The molecule has 1 heterocycles. The third-order valence-corrected chi connectivity index (χ3v) is 3.91. The van der Waals surface area contributed by atoms with E-state index in [1.165, 1.54) is 12.1 Å². The minimum absolute atomic E-state index is 0.00316. The van der Waals surface area contributed by atoms with E-state index in [0.29, 0.717) is 30.8 Å². The number of carbonyl (C=O) groups excluding carboxylic acids is 1. The number of nitro groups is 1. The molecule has 0 radical (unpaired) electrons. The van der Waals surface area contributed by atoms with Gasteiger partial charge in [0.05, 0.1) is 17.2 Å². The molecule has 0 saturated heterocycles. The first kappa shape index (κ1) is 15.2. The van der Waals surface area contributed by atoms with Crippen LogP contribution >= 0.6 is 0 Å². The van der Waals surface area contributed by atoms with Crippen LogP contribution in [0.25, 0.3) is 0 Å². The number of nitro benzene ring substituents is 1. The molecule has 0 aromatic heterocycles. The lowest BCUT2D eigenvalue weighted by Crippen LogP contribution is -2.29. The Morgan fingerprint density at radius 3 is 2.87 bits per heavy atom. The van der Waals surface area contributed by atoms with Crippen molar-refractivity contribution in [1.29, 1.82) is 0 Å². The number of rotatable bonds is 4. The zero-order valence-corrected chi connectivity index (χ0v) is 12.7. The molecule has 0 saturated carbocycles. The zero-order chi connectivity index (χ0) is 16.4. The van der Waals surface area contributed by atoms with Crippen LogP contribution in [0, 0.1) is 10.1 Å². The summed E-state index contributed by atoms with van der Waals surface area (Å²) in [5.41, 5.74) is 3.05. The fourth-order valence-corrected chi connectivity index (χ4v) is 2.81. The second kappa shape index (κ2) is 6.18. The van der Waals surface area contributed by atoms with Crippen molar-refractivity contribution in [3.05, 3.63) is 69.3 Å². The number of nitrogens with zero attached hydrogens (tertiary/aromatic N) is 2. The maximum absolute atomic E-state index is 12.8. The number of methoxy groups -OCH3 is 1. The van der Waals surface area contributed by atoms with Crippen LogP contribution in [0.2, 0.25) is 0 Å². The molecular weight excluding hydrogens is 296 g/mol. The van der Waals surface area contributed by atoms with Crippen LogP contribution in [0.5, 0.6) is 0 Å². The molecule has 1 aliphatic heterocycles. The van der Waals surface area contributed by atoms with Gasteiger partial charge in [-0.05, 0) is 29.7 Å². The molecule has 0 aliphatic carbocycles. The predicted molar refractivity (Wildman–Crippen MR) is 85.6 cm³/mol. The van der Waals surface area contributed by atoms with Gasteiger partial charge in [-0.2, -0.15) is 0 Å². The van der Waals surface area contributed by atoms with Crippen LogP contribution in [0.4, 0.5) is 11.4 Å². The fourth-order valence-electron chi connectivity index (χ4n) is 2.81. The monoisotopic (exact) mass is 312 g/mol. The number of hydrogen-bond donors (Lipinski definition) is 0. The highest BCUT2D eigenvalue weighted by atomic mass is 16.6. The van der Waals surface area contributed by atoms with Crippen LogP contribution in [-0.4, -0.2) is 24.5 Å². The molecule has 23 heavy (non-hydrogen) atoms. The number of anilines is 1. The van der Waals surface area contributed by atoms with Gasteiger partial charge in [0.1, 0.15) is 0 Å². The van der Waals surface area contributed by atoms with Gasteiger partial charge in [-0.1, -0.05) is 18.2 Å². The van der Waals surface area contributed by atoms with Gasteiger partial charge in [0, 0.05) is 31.4 Å². The highest BCUT2D eigenvalue weighted by molar-refractivity contribution is 6.07. The lowest BCUT2D eigenvalue weighted by Gasteiger charge is -2.17. The summed E-state index contributed by atoms with van der Waals surface area (Å²) in [4.78, 5) is 24.9. The average molecular weight is 312 g/mol.